The average Bonchev–Trinajstić information content (AvgIpc) is 2.61. The minimum absolute atomic E-state index is 0.0120. The summed E-state index contributed by atoms with van der Waals surface area (Å²) in [5.74, 6) is -3.56. The van der Waals surface area contributed by atoms with Gasteiger partial charge in [0.2, 0.25) is 0 Å². The summed E-state index contributed by atoms with van der Waals surface area (Å²) in [6.45, 7) is 1.62. The van der Waals surface area contributed by atoms with Crippen LogP contribution >= 0.6 is 0 Å². The molecule has 1 N–H and O–H groups in total. The summed E-state index contributed by atoms with van der Waals surface area (Å²) in [6.07, 6.45) is 3.21. The van der Waals surface area contributed by atoms with E-state index in [0.717, 1.165) is 0 Å². The SMILES string of the molecule is CCC(Nc1cnn(C)c1)=C(C(=O)[O-])C(=O)[O-]. The number of carbonyl (C=O) groups is 2. The van der Waals surface area contributed by atoms with E-state index in [9.17, 15) is 19.8 Å². The molecule has 1 aromatic rings. The van der Waals surface area contributed by atoms with Gasteiger partial charge in [0, 0.05) is 24.5 Å². The maximum Gasteiger partial charge on any atom is 0.0768 e. The molecule has 0 unspecified atom stereocenters. The van der Waals surface area contributed by atoms with Gasteiger partial charge in [0.25, 0.3) is 0 Å². The summed E-state index contributed by atoms with van der Waals surface area (Å²) in [4.78, 5) is 21.4. The van der Waals surface area contributed by atoms with Crippen molar-refractivity contribution in [2.75, 3.05) is 5.32 Å². The Balaban J connectivity index is 3.08. The number of carboxylic acids is 2. The van der Waals surface area contributed by atoms with Crippen molar-refractivity contribution in [3.8, 4) is 0 Å². The van der Waals surface area contributed by atoms with Gasteiger partial charge in [-0.3, -0.25) is 4.68 Å². The highest BCUT2D eigenvalue weighted by molar-refractivity contribution is 6.11. The van der Waals surface area contributed by atoms with E-state index in [-0.39, 0.29) is 12.1 Å². The molecule has 0 aliphatic rings. The Morgan fingerprint density at radius 1 is 1.41 bits per heavy atom. The van der Waals surface area contributed by atoms with Crippen LogP contribution in [0, 0.1) is 0 Å². The van der Waals surface area contributed by atoms with E-state index in [1.165, 1.54) is 10.9 Å². The highest BCUT2D eigenvalue weighted by Crippen LogP contribution is 2.13. The molecule has 0 atom stereocenters. The van der Waals surface area contributed by atoms with E-state index < -0.39 is 17.5 Å². The molecule has 0 fully saturated rings. The monoisotopic (exact) mass is 237 g/mol. The third-order valence-electron chi connectivity index (χ3n) is 2.06. The molecule has 17 heavy (non-hydrogen) atoms. The second-order valence-corrected chi connectivity index (χ2v) is 3.31. The summed E-state index contributed by atoms with van der Waals surface area (Å²) in [5, 5.41) is 27.9. The van der Waals surface area contributed by atoms with Gasteiger partial charge in [-0.15, -0.1) is 0 Å². The number of rotatable bonds is 5. The Kier molecular flexibility index (Phi) is 3.86. The van der Waals surface area contributed by atoms with Crippen LogP contribution in [0.25, 0.3) is 0 Å². The fourth-order valence-corrected chi connectivity index (χ4v) is 1.32. The first-order chi connectivity index (χ1) is 7.95. The molecular formula is C10H11N3O4-2. The van der Waals surface area contributed by atoms with Crippen LogP contribution in [0.15, 0.2) is 23.7 Å². The number of carbonyl (C=O) groups excluding carboxylic acids is 2. The van der Waals surface area contributed by atoms with Crippen molar-refractivity contribution >= 4 is 17.6 Å². The predicted molar refractivity (Wildman–Crippen MR) is 54.2 cm³/mol. The zero-order valence-corrected chi connectivity index (χ0v) is 9.39. The van der Waals surface area contributed by atoms with Crippen LogP contribution in [-0.4, -0.2) is 21.7 Å². The van der Waals surface area contributed by atoms with Crippen molar-refractivity contribution in [3.63, 3.8) is 0 Å². The average molecular weight is 237 g/mol. The first kappa shape index (κ1) is 12.8. The van der Waals surface area contributed by atoms with E-state index in [1.54, 1.807) is 20.2 Å². The highest BCUT2D eigenvalue weighted by Gasteiger charge is 2.09. The molecule has 92 valence electrons. The van der Waals surface area contributed by atoms with Crippen molar-refractivity contribution < 1.29 is 19.8 Å². The number of nitrogens with zero attached hydrogens (tertiary/aromatic N) is 2. The van der Waals surface area contributed by atoms with Gasteiger partial charge in [-0.25, -0.2) is 0 Å². The normalized spacial score (nSPS) is 9.76. The van der Waals surface area contributed by atoms with Crippen LogP contribution in [0.1, 0.15) is 13.3 Å². The molecular weight excluding hydrogens is 226 g/mol. The molecule has 1 heterocycles. The first-order valence-corrected chi connectivity index (χ1v) is 4.87. The number of aliphatic carboxylic acids is 2. The molecule has 0 spiro atoms. The number of nitrogens with one attached hydrogen (secondary N) is 1. The van der Waals surface area contributed by atoms with Crippen LogP contribution in [0.4, 0.5) is 5.69 Å². The third-order valence-corrected chi connectivity index (χ3v) is 2.06. The number of aryl methyl sites for hydroxylation is 1. The molecule has 0 bridgehead atoms. The quantitative estimate of drug-likeness (QED) is 0.360. The van der Waals surface area contributed by atoms with Gasteiger partial charge >= 0.3 is 0 Å². The van der Waals surface area contributed by atoms with E-state index in [0.29, 0.717) is 5.69 Å². The molecule has 0 saturated carbocycles. The van der Waals surface area contributed by atoms with Gasteiger partial charge in [-0.1, -0.05) is 6.92 Å². The number of hydrogen-bond acceptors (Lipinski definition) is 6. The Hall–Kier alpha value is -2.31. The summed E-state index contributed by atoms with van der Waals surface area (Å²) in [6, 6.07) is 0. The smallest absolute Gasteiger partial charge is 0.0768 e. The van der Waals surface area contributed by atoms with Gasteiger partial charge in [0.1, 0.15) is 0 Å². The Morgan fingerprint density at radius 2 is 2.00 bits per heavy atom. The molecule has 0 saturated heterocycles. The van der Waals surface area contributed by atoms with E-state index in [4.69, 9.17) is 0 Å². The van der Waals surface area contributed by atoms with Crippen LogP contribution in [0.5, 0.6) is 0 Å². The van der Waals surface area contributed by atoms with Gasteiger partial charge in [-0.2, -0.15) is 5.10 Å². The third kappa shape index (κ3) is 3.07. The minimum atomic E-state index is -1.78. The van der Waals surface area contributed by atoms with Crippen molar-refractivity contribution in [2.24, 2.45) is 7.05 Å². The van der Waals surface area contributed by atoms with Gasteiger partial charge < -0.3 is 25.1 Å². The summed E-state index contributed by atoms with van der Waals surface area (Å²) < 4.78 is 1.49. The minimum Gasteiger partial charge on any atom is -0.545 e. The lowest BCUT2D eigenvalue weighted by Gasteiger charge is -2.16. The number of anilines is 1. The fraction of sp³-hybridized carbons (Fsp3) is 0.300. The molecule has 1 rings (SSSR count). The number of carboxylic acid groups (broad SMARTS) is 2. The highest BCUT2D eigenvalue weighted by atomic mass is 16.4. The Labute approximate surface area is 97.4 Å². The molecule has 7 nitrogen and oxygen atoms in total. The molecule has 1 aromatic heterocycles. The lowest BCUT2D eigenvalue weighted by Crippen LogP contribution is -2.38. The first-order valence-electron chi connectivity index (χ1n) is 4.87. The zero-order valence-electron chi connectivity index (χ0n) is 9.39. The number of allylic oxidation sites excluding steroid dienone is 1. The molecule has 7 heteroatoms. The van der Waals surface area contributed by atoms with Crippen LogP contribution in [0.3, 0.4) is 0 Å². The van der Waals surface area contributed by atoms with E-state index in [2.05, 4.69) is 10.4 Å². The lowest BCUT2D eigenvalue weighted by atomic mass is 10.1. The van der Waals surface area contributed by atoms with Gasteiger partial charge in [0.15, 0.2) is 0 Å². The summed E-state index contributed by atoms with van der Waals surface area (Å²) in [7, 11) is 1.68. The van der Waals surface area contributed by atoms with E-state index in [1.807, 2.05) is 0 Å². The summed E-state index contributed by atoms with van der Waals surface area (Å²) >= 11 is 0. The van der Waals surface area contributed by atoms with Gasteiger partial charge in [0.05, 0.1) is 23.8 Å². The molecule has 0 aliphatic carbocycles. The largest absolute Gasteiger partial charge is 0.545 e. The Bertz CT molecular complexity index is 460. The van der Waals surface area contributed by atoms with Crippen LogP contribution in [-0.2, 0) is 16.6 Å². The Morgan fingerprint density at radius 3 is 2.35 bits per heavy atom. The standard InChI is InChI=1S/C10H13N3O4/c1-3-7(8(9(14)15)10(16)17)12-6-4-11-13(2)5-6/h4-5,12H,3H2,1-2H3,(H,14,15)(H,16,17)/p-2. The second-order valence-electron chi connectivity index (χ2n) is 3.31. The van der Waals surface area contributed by atoms with Crippen molar-refractivity contribution in [3.05, 3.63) is 23.7 Å². The molecule has 0 aliphatic heterocycles. The van der Waals surface area contributed by atoms with Crippen LogP contribution in [0.2, 0.25) is 0 Å². The predicted octanol–water partition coefficient (Wildman–Crippen LogP) is -2.00. The van der Waals surface area contributed by atoms with Crippen molar-refractivity contribution in [1.82, 2.24) is 9.78 Å². The van der Waals surface area contributed by atoms with Crippen molar-refractivity contribution in [1.29, 1.82) is 0 Å². The molecule has 0 aromatic carbocycles. The van der Waals surface area contributed by atoms with E-state index >= 15 is 0 Å². The maximum atomic E-state index is 10.7. The molecule has 0 radical (unpaired) electrons. The number of aromatic nitrogens is 2. The van der Waals surface area contributed by atoms with Gasteiger partial charge in [-0.05, 0) is 6.42 Å². The summed E-state index contributed by atoms with van der Waals surface area (Å²) in [5.41, 5.74) is -0.376. The second kappa shape index (κ2) is 5.15. The molecule has 0 amide bonds. The maximum absolute atomic E-state index is 10.7. The lowest BCUT2D eigenvalue weighted by molar-refractivity contribution is -0.312. The fourth-order valence-electron chi connectivity index (χ4n) is 1.32. The topological polar surface area (TPSA) is 110 Å². The van der Waals surface area contributed by atoms with Crippen LogP contribution < -0.4 is 15.5 Å². The number of hydrogen-bond donors (Lipinski definition) is 1. The zero-order chi connectivity index (χ0) is 13.0. The van der Waals surface area contributed by atoms with Crippen molar-refractivity contribution in [2.45, 2.75) is 13.3 Å².